The zero-order valence-corrected chi connectivity index (χ0v) is 8.04. The molecule has 0 fully saturated rings. The molecule has 12 heavy (non-hydrogen) atoms. The molecule has 64 valence electrons. The summed E-state index contributed by atoms with van der Waals surface area (Å²) in [6.45, 7) is 3.32. The first-order valence-electron chi connectivity index (χ1n) is 3.65. The van der Waals surface area contributed by atoms with Gasteiger partial charge in [-0.25, -0.2) is 0 Å². The first kappa shape index (κ1) is 9.21. The summed E-state index contributed by atoms with van der Waals surface area (Å²) in [6.07, 6.45) is 0.745. The lowest BCUT2D eigenvalue weighted by Crippen LogP contribution is -2.08. The minimum absolute atomic E-state index is 0.533. The molecule has 3 heteroatoms. The van der Waals surface area contributed by atoms with Crippen LogP contribution in [0.2, 0.25) is 0 Å². The highest BCUT2D eigenvalue weighted by molar-refractivity contribution is 7.70. The van der Waals surface area contributed by atoms with Crippen molar-refractivity contribution in [3.63, 3.8) is 0 Å². The van der Waals surface area contributed by atoms with Crippen LogP contribution in [0.3, 0.4) is 0 Å². The van der Waals surface area contributed by atoms with E-state index in [1.807, 2.05) is 0 Å². The summed E-state index contributed by atoms with van der Waals surface area (Å²) in [5.41, 5.74) is 0.533. The van der Waals surface area contributed by atoms with Gasteiger partial charge in [0.2, 0.25) is 0 Å². The smallest absolute Gasteiger partial charge is 0.150 e. The van der Waals surface area contributed by atoms with Gasteiger partial charge < -0.3 is 4.57 Å². The molecule has 0 saturated heterocycles. The molecule has 0 aliphatic rings. The van der Waals surface area contributed by atoms with Crippen molar-refractivity contribution in [2.45, 2.75) is 0 Å². The zero-order chi connectivity index (χ0) is 9.19. The Bertz CT molecular complexity index is 338. The van der Waals surface area contributed by atoms with Crippen molar-refractivity contribution < 1.29 is 9.36 Å². The third-order valence-corrected chi connectivity index (χ3v) is 3.21. The van der Waals surface area contributed by atoms with Crippen molar-refractivity contribution >= 4 is 18.7 Å². The number of hydrogen-bond acceptors (Lipinski definition) is 2. The maximum atomic E-state index is 11.6. The van der Waals surface area contributed by atoms with Crippen LogP contribution in [-0.2, 0) is 4.57 Å². The lowest BCUT2D eigenvalue weighted by atomic mass is 10.2. The van der Waals surface area contributed by atoms with Crippen molar-refractivity contribution in [2.75, 3.05) is 13.3 Å². The predicted molar refractivity (Wildman–Crippen MR) is 50.9 cm³/mol. The molecule has 2 nitrogen and oxygen atoms in total. The SMILES string of the molecule is CP(C)(=O)c1ccccc1C=O. The highest BCUT2D eigenvalue weighted by Gasteiger charge is 2.14. The summed E-state index contributed by atoms with van der Waals surface area (Å²) in [7, 11) is -2.30. The van der Waals surface area contributed by atoms with Crippen molar-refractivity contribution in [2.24, 2.45) is 0 Å². The van der Waals surface area contributed by atoms with Gasteiger partial charge in [0, 0.05) is 10.9 Å². The van der Waals surface area contributed by atoms with E-state index >= 15 is 0 Å². The molecule has 0 unspecified atom stereocenters. The summed E-state index contributed by atoms with van der Waals surface area (Å²) >= 11 is 0. The Morgan fingerprint density at radius 2 is 1.83 bits per heavy atom. The highest BCUT2D eigenvalue weighted by atomic mass is 31.2. The number of carbonyl (C=O) groups excluding carboxylic acids is 1. The average Bonchev–Trinajstić information content (AvgIpc) is 2.03. The van der Waals surface area contributed by atoms with E-state index in [4.69, 9.17) is 0 Å². The van der Waals surface area contributed by atoms with Gasteiger partial charge in [-0.15, -0.1) is 0 Å². The van der Waals surface area contributed by atoms with Crippen molar-refractivity contribution in [1.29, 1.82) is 0 Å². The Hall–Kier alpha value is -0.880. The third-order valence-electron chi connectivity index (χ3n) is 1.64. The molecule has 0 aliphatic carbocycles. The molecule has 0 heterocycles. The zero-order valence-electron chi connectivity index (χ0n) is 7.15. The molecule has 0 saturated carbocycles. The minimum Gasteiger partial charge on any atom is -0.319 e. The van der Waals surface area contributed by atoms with Gasteiger partial charge in [0.25, 0.3) is 0 Å². The molecule has 0 aromatic heterocycles. The number of carbonyl (C=O) groups is 1. The fourth-order valence-corrected chi connectivity index (χ4v) is 2.27. The lowest BCUT2D eigenvalue weighted by Gasteiger charge is -2.08. The number of benzene rings is 1. The molecule has 0 bridgehead atoms. The number of hydrogen-bond donors (Lipinski definition) is 0. The van der Waals surface area contributed by atoms with Crippen LogP contribution in [0.4, 0.5) is 0 Å². The lowest BCUT2D eigenvalue weighted by molar-refractivity contribution is 0.112. The largest absolute Gasteiger partial charge is 0.319 e. The van der Waals surface area contributed by atoms with Crippen molar-refractivity contribution in [1.82, 2.24) is 0 Å². The third kappa shape index (κ3) is 1.83. The van der Waals surface area contributed by atoms with Gasteiger partial charge in [0.1, 0.15) is 7.14 Å². The van der Waals surface area contributed by atoms with Gasteiger partial charge in [0.15, 0.2) is 6.29 Å². The molecule has 0 aliphatic heterocycles. The van der Waals surface area contributed by atoms with Crippen LogP contribution >= 0.6 is 7.14 Å². The van der Waals surface area contributed by atoms with E-state index in [9.17, 15) is 9.36 Å². The Morgan fingerprint density at radius 3 is 2.25 bits per heavy atom. The molecule has 0 atom stereocenters. The quantitative estimate of drug-likeness (QED) is 0.515. The van der Waals surface area contributed by atoms with Crippen LogP contribution in [0.25, 0.3) is 0 Å². The summed E-state index contributed by atoms with van der Waals surface area (Å²) in [4.78, 5) is 10.6. The number of rotatable bonds is 2. The molecule has 0 radical (unpaired) electrons. The van der Waals surface area contributed by atoms with Gasteiger partial charge >= 0.3 is 0 Å². The highest BCUT2D eigenvalue weighted by Crippen LogP contribution is 2.35. The Labute approximate surface area is 72.0 Å². The van der Waals surface area contributed by atoms with E-state index in [2.05, 4.69) is 0 Å². The molecule has 1 aromatic rings. The summed E-state index contributed by atoms with van der Waals surface area (Å²) in [6, 6.07) is 6.98. The average molecular weight is 182 g/mol. The Balaban J connectivity index is 3.33. The normalized spacial score (nSPS) is 11.2. The Kier molecular flexibility index (Phi) is 2.49. The molecule has 0 amide bonds. The minimum atomic E-state index is -2.30. The van der Waals surface area contributed by atoms with Gasteiger partial charge in [-0.3, -0.25) is 4.79 Å². The maximum Gasteiger partial charge on any atom is 0.150 e. The van der Waals surface area contributed by atoms with Crippen molar-refractivity contribution in [3.05, 3.63) is 29.8 Å². The molecule has 0 spiro atoms. The Morgan fingerprint density at radius 1 is 1.25 bits per heavy atom. The second-order valence-corrected chi connectivity index (χ2v) is 6.21. The topological polar surface area (TPSA) is 34.1 Å². The maximum absolute atomic E-state index is 11.6. The standard InChI is InChI=1S/C9H11O2P/c1-12(2,11)9-6-4-3-5-8(9)7-10/h3-7H,1-2H3. The molecule has 0 N–H and O–H groups in total. The fraction of sp³-hybridized carbons (Fsp3) is 0.222. The second-order valence-electron chi connectivity index (χ2n) is 3.03. The van der Waals surface area contributed by atoms with Gasteiger partial charge in [0.05, 0.1) is 0 Å². The van der Waals surface area contributed by atoms with Crippen LogP contribution in [-0.4, -0.2) is 19.6 Å². The van der Waals surface area contributed by atoms with Gasteiger partial charge in [-0.05, 0) is 13.3 Å². The first-order chi connectivity index (χ1) is 5.55. The number of aldehydes is 1. The van der Waals surface area contributed by atoms with E-state index < -0.39 is 7.14 Å². The van der Waals surface area contributed by atoms with Crippen LogP contribution in [0.15, 0.2) is 24.3 Å². The summed E-state index contributed by atoms with van der Waals surface area (Å²) in [5.74, 6) is 0. The van der Waals surface area contributed by atoms with E-state index in [1.165, 1.54) is 0 Å². The van der Waals surface area contributed by atoms with Crippen LogP contribution in [0.1, 0.15) is 10.4 Å². The first-order valence-corrected chi connectivity index (χ1v) is 6.25. The molecular weight excluding hydrogens is 171 g/mol. The van der Waals surface area contributed by atoms with Crippen LogP contribution in [0, 0.1) is 0 Å². The monoisotopic (exact) mass is 182 g/mol. The molecular formula is C9H11O2P. The van der Waals surface area contributed by atoms with E-state index in [1.54, 1.807) is 37.6 Å². The van der Waals surface area contributed by atoms with Crippen LogP contribution < -0.4 is 5.30 Å². The van der Waals surface area contributed by atoms with Crippen molar-refractivity contribution in [3.8, 4) is 0 Å². The van der Waals surface area contributed by atoms with Gasteiger partial charge in [-0.2, -0.15) is 0 Å². The van der Waals surface area contributed by atoms with Gasteiger partial charge in [-0.1, -0.05) is 24.3 Å². The predicted octanol–water partition coefficient (Wildman–Crippen LogP) is 1.75. The van der Waals surface area contributed by atoms with E-state index in [0.29, 0.717) is 10.9 Å². The van der Waals surface area contributed by atoms with E-state index in [0.717, 1.165) is 6.29 Å². The fourth-order valence-electron chi connectivity index (χ4n) is 1.08. The van der Waals surface area contributed by atoms with E-state index in [-0.39, 0.29) is 0 Å². The summed E-state index contributed by atoms with van der Waals surface area (Å²) < 4.78 is 11.6. The summed E-state index contributed by atoms with van der Waals surface area (Å²) in [5, 5.41) is 0.667. The molecule has 1 rings (SSSR count). The van der Waals surface area contributed by atoms with Crippen LogP contribution in [0.5, 0.6) is 0 Å². The second kappa shape index (κ2) is 3.24. The molecule has 1 aromatic carbocycles.